The summed E-state index contributed by atoms with van der Waals surface area (Å²) in [6.07, 6.45) is 6.04. The summed E-state index contributed by atoms with van der Waals surface area (Å²) in [6, 6.07) is 14.2. The highest BCUT2D eigenvalue weighted by Crippen LogP contribution is 2.26. The zero-order valence-electron chi connectivity index (χ0n) is 15.6. The monoisotopic (exact) mass is 363 g/mol. The van der Waals surface area contributed by atoms with Crippen LogP contribution in [0.4, 0.5) is 5.82 Å². The molecule has 4 rings (SSSR count). The van der Waals surface area contributed by atoms with E-state index in [2.05, 4.69) is 32.2 Å². The van der Waals surface area contributed by atoms with Crippen molar-refractivity contribution in [2.75, 3.05) is 18.0 Å². The highest BCUT2D eigenvalue weighted by Gasteiger charge is 2.26. The van der Waals surface area contributed by atoms with E-state index in [0.29, 0.717) is 5.92 Å². The molecule has 1 N–H and O–H groups in total. The molecule has 6 heteroatoms. The summed E-state index contributed by atoms with van der Waals surface area (Å²) in [5.41, 5.74) is 1.97. The van der Waals surface area contributed by atoms with Crippen molar-refractivity contribution >= 4 is 5.82 Å². The van der Waals surface area contributed by atoms with E-state index in [-0.39, 0.29) is 6.10 Å². The van der Waals surface area contributed by atoms with Crippen molar-refractivity contribution in [3.63, 3.8) is 0 Å². The van der Waals surface area contributed by atoms with Crippen molar-refractivity contribution in [1.82, 2.24) is 19.7 Å². The van der Waals surface area contributed by atoms with Gasteiger partial charge in [0.05, 0.1) is 6.10 Å². The fourth-order valence-electron chi connectivity index (χ4n) is 3.76. The number of hydrogen-bond donors (Lipinski definition) is 1. The molecule has 6 nitrogen and oxygen atoms in total. The van der Waals surface area contributed by atoms with E-state index >= 15 is 0 Å². The number of aliphatic hydroxyl groups excluding tert-OH is 1. The van der Waals surface area contributed by atoms with E-state index in [1.165, 1.54) is 5.56 Å². The van der Waals surface area contributed by atoms with Gasteiger partial charge in [0.25, 0.3) is 0 Å². The fraction of sp³-hybridized carbons (Fsp3) is 0.381. The molecule has 3 aromatic rings. The Kier molecular flexibility index (Phi) is 5.16. The van der Waals surface area contributed by atoms with Gasteiger partial charge in [-0.3, -0.25) is 0 Å². The average molecular weight is 363 g/mol. The van der Waals surface area contributed by atoms with E-state index in [1.807, 2.05) is 48.1 Å². The molecule has 1 saturated heterocycles. The standard InChI is InChI=1S/C21H25N5O/c1-25-14-11-22-21(25)18-7-8-20(24-23-18)26-12-9-17(10-13-26)19(27)15-16-5-3-2-4-6-16/h2-8,11,14,17,19,27H,9-10,12-13,15H2,1H3/t19-/m0/s1. The van der Waals surface area contributed by atoms with Crippen LogP contribution in [-0.2, 0) is 13.5 Å². The predicted molar refractivity (Wildman–Crippen MR) is 105 cm³/mol. The lowest BCUT2D eigenvalue weighted by Gasteiger charge is -2.34. The van der Waals surface area contributed by atoms with Crippen molar-refractivity contribution < 1.29 is 5.11 Å². The molecular formula is C21H25N5O. The van der Waals surface area contributed by atoms with Gasteiger partial charge in [0.2, 0.25) is 0 Å². The van der Waals surface area contributed by atoms with Gasteiger partial charge in [-0.15, -0.1) is 10.2 Å². The quantitative estimate of drug-likeness (QED) is 0.755. The second kappa shape index (κ2) is 7.88. The smallest absolute Gasteiger partial charge is 0.160 e. The molecule has 27 heavy (non-hydrogen) atoms. The average Bonchev–Trinajstić information content (AvgIpc) is 3.15. The van der Waals surface area contributed by atoms with Crippen LogP contribution in [0.5, 0.6) is 0 Å². The minimum absolute atomic E-state index is 0.286. The van der Waals surface area contributed by atoms with Crippen LogP contribution in [0.3, 0.4) is 0 Å². The van der Waals surface area contributed by atoms with Crippen LogP contribution in [-0.4, -0.2) is 44.0 Å². The first-order chi connectivity index (χ1) is 13.2. The van der Waals surface area contributed by atoms with Crippen molar-refractivity contribution in [1.29, 1.82) is 0 Å². The maximum absolute atomic E-state index is 10.6. The van der Waals surface area contributed by atoms with Gasteiger partial charge in [0.1, 0.15) is 5.69 Å². The minimum atomic E-state index is -0.286. The summed E-state index contributed by atoms with van der Waals surface area (Å²) in [4.78, 5) is 6.56. The molecule has 3 heterocycles. The second-order valence-electron chi connectivity index (χ2n) is 7.22. The normalized spacial score (nSPS) is 16.4. The summed E-state index contributed by atoms with van der Waals surface area (Å²) in [5.74, 6) is 2.04. The fourth-order valence-corrected chi connectivity index (χ4v) is 3.76. The van der Waals surface area contributed by atoms with Crippen LogP contribution in [0.25, 0.3) is 11.5 Å². The minimum Gasteiger partial charge on any atom is -0.392 e. The Bertz CT molecular complexity index is 854. The lowest BCUT2D eigenvalue weighted by atomic mass is 9.88. The van der Waals surface area contributed by atoms with Crippen molar-refractivity contribution in [2.45, 2.75) is 25.4 Å². The Morgan fingerprint density at radius 3 is 2.48 bits per heavy atom. The summed E-state index contributed by atoms with van der Waals surface area (Å²) in [7, 11) is 1.95. The van der Waals surface area contributed by atoms with Gasteiger partial charge in [-0.05, 0) is 42.9 Å². The van der Waals surface area contributed by atoms with Crippen LogP contribution < -0.4 is 4.90 Å². The molecule has 1 aliphatic rings. The van der Waals surface area contributed by atoms with E-state index in [0.717, 1.165) is 49.7 Å². The van der Waals surface area contributed by atoms with Gasteiger partial charge in [-0.1, -0.05) is 30.3 Å². The van der Waals surface area contributed by atoms with Gasteiger partial charge in [-0.25, -0.2) is 4.98 Å². The first-order valence-electron chi connectivity index (χ1n) is 9.49. The molecule has 2 aromatic heterocycles. The first kappa shape index (κ1) is 17.7. The van der Waals surface area contributed by atoms with E-state index in [1.54, 1.807) is 6.20 Å². The molecule has 0 aliphatic carbocycles. The largest absolute Gasteiger partial charge is 0.392 e. The molecule has 140 valence electrons. The van der Waals surface area contributed by atoms with Gasteiger partial charge in [-0.2, -0.15) is 0 Å². The second-order valence-corrected chi connectivity index (χ2v) is 7.22. The Labute approximate surface area is 159 Å². The number of imidazole rings is 1. The number of piperidine rings is 1. The highest BCUT2D eigenvalue weighted by atomic mass is 16.3. The molecule has 1 aromatic carbocycles. The summed E-state index contributed by atoms with van der Waals surface area (Å²) >= 11 is 0. The molecule has 0 saturated carbocycles. The third-order valence-corrected chi connectivity index (χ3v) is 5.40. The molecule has 1 atom stereocenters. The van der Waals surface area contributed by atoms with Crippen LogP contribution in [0.1, 0.15) is 18.4 Å². The molecule has 0 radical (unpaired) electrons. The molecule has 0 bridgehead atoms. The Balaban J connectivity index is 1.34. The lowest BCUT2D eigenvalue weighted by Crippen LogP contribution is -2.39. The molecule has 1 fully saturated rings. The Morgan fingerprint density at radius 1 is 1.07 bits per heavy atom. The Hall–Kier alpha value is -2.73. The van der Waals surface area contributed by atoms with Gasteiger partial charge >= 0.3 is 0 Å². The van der Waals surface area contributed by atoms with Crippen molar-refractivity contribution in [2.24, 2.45) is 13.0 Å². The number of benzene rings is 1. The molecule has 0 unspecified atom stereocenters. The van der Waals surface area contributed by atoms with Crippen LogP contribution >= 0.6 is 0 Å². The number of aryl methyl sites for hydroxylation is 1. The predicted octanol–water partition coefficient (Wildman–Crippen LogP) is 2.70. The van der Waals surface area contributed by atoms with E-state index in [9.17, 15) is 5.11 Å². The summed E-state index contributed by atoms with van der Waals surface area (Å²) in [6.45, 7) is 1.79. The number of nitrogens with zero attached hydrogens (tertiary/aromatic N) is 5. The van der Waals surface area contributed by atoms with Crippen LogP contribution in [0.2, 0.25) is 0 Å². The number of anilines is 1. The third-order valence-electron chi connectivity index (χ3n) is 5.40. The number of rotatable bonds is 5. The van der Waals surface area contributed by atoms with Gasteiger partial charge in [0, 0.05) is 32.5 Å². The molecule has 0 spiro atoms. The third kappa shape index (κ3) is 4.01. The number of aliphatic hydroxyl groups is 1. The zero-order valence-corrected chi connectivity index (χ0v) is 15.6. The maximum Gasteiger partial charge on any atom is 0.160 e. The summed E-state index contributed by atoms with van der Waals surface area (Å²) < 4.78 is 1.93. The number of hydrogen-bond acceptors (Lipinski definition) is 5. The maximum atomic E-state index is 10.6. The molecule has 0 amide bonds. The van der Waals surface area contributed by atoms with Gasteiger partial charge < -0.3 is 14.6 Å². The zero-order chi connectivity index (χ0) is 18.6. The topological polar surface area (TPSA) is 67.1 Å². The molecular weight excluding hydrogens is 338 g/mol. The van der Waals surface area contributed by atoms with Crippen LogP contribution in [0, 0.1) is 5.92 Å². The van der Waals surface area contributed by atoms with Crippen molar-refractivity contribution in [3.05, 3.63) is 60.4 Å². The number of aromatic nitrogens is 4. The van der Waals surface area contributed by atoms with E-state index < -0.39 is 0 Å². The molecule has 1 aliphatic heterocycles. The SMILES string of the molecule is Cn1ccnc1-c1ccc(N2CCC([C@@H](O)Cc3ccccc3)CC2)nn1. The van der Waals surface area contributed by atoms with E-state index in [4.69, 9.17) is 0 Å². The van der Waals surface area contributed by atoms with Crippen molar-refractivity contribution in [3.8, 4) is 11.5 Å². The van der Waals surface area contributed by atoms with Gasteiger partial charge in [0.15, 0.2) is 11.6 Å². The summed E-state index contributed by atoms with van der Waals surface area (Å²) in [5, 5.41) is 19.3. The highest BCUT2D eigenvalue weighted by molar-refractivity contribution is 5.51. The lowest BCUT2D eigenvalue weighted by molar-refractivity contribution is 0.0929. The van der Waals surface area contributed by atoms with Crippen LogP contribution in [0.15, 0.2) is 54.9 Å². The first-order valence-corrected chi connectivity index (χ1v) is 9.49. The Morgan fingerprint density at radius 2 is 1.85 bits per heavy atom.